The number of aromatic nitrogens is 5. The topological polar surface area (TPSA) is 74.7 Å². The van der Waals surface area contributed by atoms with Gasteiger partial charge >= 0.3 is 5.69 Å². The van der Waals surface area contributed by atoms with Crippen LogP contribution in [0.4, 0.5) is 0 Å². The highest BCUT2D eigenvalue weighted by atomic mass is 16.2. The van der Waals surface area contributed by atoms with Crippen molar-refractivity contribution in [3.8, 4) is 0 Å². The average Bonchev–Trinajstić information content (AvgIpc) is 2.83. The van der Waals surface area contributed by atoms with Gasteiger partial charge < -0.3 is 4.57 Å². The second-order valence-corrected chi connectivity index (χ2v) is 4.52. The van der Waals surface area contributed by atoms with Crippen molar-refractivity contribution in [1.29, 1.82) is 0 Å². The third-order valence-electron chi connectivity index (χ3n) is 2.92. The summed E-state index contributed by atoms with van der Waals surface area (Å²) in [6.45, 7) is 6.45. The standard InChI is InChI=1S/C12H17N5O2/c1-4-15-6-5-11(18)16(12(15)19)7-10-13-8-14-17(10)9(2)3/h5-6,8-9H,4,7H2,1-3H3. The van der Waals surface area contributed by atoms with Crippen LogP contribution in [0, 0.1) is 0 Å². The first-order valence-electron chi connectivity index (χ1n) is 6.23. The highest BCUT2D eigenvalue weighted by molar-refractivity contribution is 4.93. The first kappa shape index (κ1) is 13.3. The Kier molecular flexibility index (Phi) is 3.64. The SMILES string of the molecule is CCn1ccc(=O)n(Cc2ncnn2C(C)C)c1=O. The minimum Gasteiger partial charge on any atom is -0.301 e. The summed E-state index contributed by atoms with van der Waals surface area (Å²) >= 11 is 0. The second-order valence-electron chi connectivity index (χ2n) is 4.52. The Hall–Kier alpha value is -2.18. The van der Waals surface area contributed by atoms with Crippen LogP contribution < -0.4 is 11.2 Å². The summed E-state index contributed by atoms with van der Waals surface area (Å²) < 4.78 is 4.36. The maximum atomic E-state index is 12.1. The van der Waals surface area contributed by atoms with Crippen molar-refractivity contribution in [3.05, 3.63) is 45.3 Å². The Bertz CT molecular complexity index is 680. The molecule has 0 fully saturated rings. The van der Waals surface area contributed by atoms with E-state index in [0.717, 1.165) is 0 Å². The van der Waals surface area contributed by atoms with E-state index in [9.17, 15) is 9.59 Å². The van der Waals surface area contributed by atoms with Crippen molar-refractivity contribution in [3.63, 3.8) is 0 Å². The van der Waals surface area contributed by atoms with Crippen LogP contribution >= 0.6 is 0 Å². The molecule has 0 aliphatic heterocycles. The minimum atomic E-state index is -0.326. The summed E-state index contributed by atoms with van der Waals surface area (Å²) in [5.41, 5.74) is -0.652. The lowest BCUT2D eigenvalue weighted by molar-refractivity contribution is 0.484. The average molecular weight is 263 g/mol. The fourth-order valence-corrected chi connectivity index (χ4v) is 1.90. The van der Waals surface area contributed by atoms with E-state index < -0.39 is 0 Å². The summed E-state index contributed by atoms with van der Waals surface area (Å²) in [5.74, 6) is 0.600. The van der Waals surface area contributed by atoms with Gasteiger partial charge in [-0.05, 0) is 20.8 Å². The Morgan fingerprint density at radius 1 is 1.32 bits per heavy atom. The zero-order valence-electron chi connectivity index (χ0n) is 11.3. The van der Waals surface area contributed by atoms with Crippen molar-refractivity contribution in [1.82, 2.24) is 23.9 Å². The summed E-state index contributed by atoms with van der Waals surface area (Å²) in [6, 6.07) is 1.52. The van der Waals surface area contributed by atoms with Crippen molar-refractivity contribution in [2.75, 3.05) is 0 Å². The van der Waals surface area contributed by atoms with E-state index in [2.05, 4.69) is 10.1 Å². The predicted octanol–water partition coefficient (Wildman–Crippen LogP) is 0.251. The molecule has 0 N–H and O–H groups in total. The lowest BCUT2D eigenvalue weighted by Gasteiger charge is -2.11. The molecular formula is C12H17N5O2. The van der Waals surface area contributed by atoms with E-state index in [0.29, 0.717) is 12.4 Å². The van der Waals surface area contributed by atoms with E-state index in [1.54, 1.807) is 4.68 Å². The summed E-state index contributed by atoms with van der Waals surface area (Å²) in [6.07, 6.45) is 2.94. The van der Waals surface area contributed by atoms with Gasteiger partial charge in [-0.1, -0.05) is 0 Å². The van der Waals surface area contributed by atoms with Gasteiger partial charge in [0.2, 0.25) is 0 Å². The van der Waals surface area contributed by atoms with Gasteiger partial charge in [0, 0.05) is 24.8 Å². The lowest BCUT2D eigenvalue weighted by Crippen LogP contribution is -2.39. The van der Waals surface area contributed by atoms with Gasteiger partial charge in [-0.15, -0.1) is 0 Å². The Balaban J connectivity index is 2.47. The molecule has 0 atom stereocenters. The Labute approximate surface area is 110 Å². The minimum absolute atomic E-state index is 0.130. The van der Waals surface area contributed by atoms with Crippen LogP contribution in [0.25, 0.3) is 0 Å². The normalized spacial score (nSPS) is 11.2. The third kappa shape index (κ3) is 2.49. The zero-order chi connectivity index (χ0) is 14.0. The van der Waals surface area contributed by atoms with Crippen molar-refractivity contribution >= 4 is 0 Å². The quantitative estimate of drug-likeness (QED) is 0.792. The van der Waals surface area contributed by atoms with E-state index in [4.69, 9.17) is 0 Å². The maximum absolute atomic E-state index is 12.1. The fourth-order valence-electron chi connectivity index (χ4n) is 1.90. The van der Waals surface area contributed by atoms with Crippen LogP contribution in [-0.4, -0.2) is 23.9 Å². The molecule has 2 rings (SSSR count). The first-order valence-corrected chi connectivity index (χ1v) is 6.23. The highest BCUT2D eigenvalue weighted by Gasteiger charge is 2.11. The van der Waals surface area contributed by atoms with Crippen LogP contribution in [0.15, 0.2) is 28.2 Å². The van der Waals surface area contributed by atoms with Gasteiger partial charge in [-0.25, -0.2) is 14.5 Å². The molecule has 102 valence electrons. The molecule has 2 aromatic heterocycles. The molecule has 0 unspecified atom stereocenters. The molecule has 0 spiro atoms. The zero-order valence-corrected chi connectivity index (χ0v) is 11.3. The fraction of sp³-hybridized carbons (Fsp3) is 0.500. The number of hydrogen-bond donors (Lipinski definition) is 0. The Morgan fingerprint density at radius 2 is 2.05 bits per heavy atom. The number of nitrogens with zero attached hydrogens (tertiary/aromatic N) is 5. The molecule has 0 aromatic carbocycles. The van der Waals surface area contributed by atoms with Gasteiger partial charge in [0.1, 0.15) is 12.2 Å². The molecule has 2 heterocycles. The van der Waals surface area contributed by atoms with E-state index >= 15 is 0 Å². The van der Waals surface area contributed by atoms with Crippen LogP contribution in [-0.2, 0) is 13.1 Å². The number of rotatable bonds is 4. The molecular weight excluding hydrogens is 246 g/mol. The summed E-state index contributed by atoms with van der Waals surface area (Å²) in [5, 5.41) is 4.10. The van der Waals surface area contributed by atoms with Crippen LogP contribution in [0.2, 0.25) is 0 Å². The monoisotopic (exact) mass is 263 g/mol. The molecule has 2 aromatic rings. The summed E-state index contributed by atoms with van der Waals surface area (Å²) in [7, 11) is 0. The molecule has 0 aliphatic carbocycles. The lowest BCUT2D eigenvalue weighted by atomic mass is 10.4. The first-order chi connectivity index (χ1) is 9.04. The van der Waals surface area contributed by atoms with E-state index in [-0.39, 0.29) is 23.8 Å². The summed E-state index contributed by atoms with van der Waals surface area (Å²) in [4.78, 5) is 28.0. The third-order valence-corrected chi connectivity index (χ3v) is 2.92. The highest BCUT2D eigenvalue weighted by Crippen LogP contribution is 2.05. The maximum Gasteiger partial charge on any atom is 0.331 e. The van der Waals surface area contributed by atoms with Crippen LogP contribution in [0.5, 0.6) is 0 Å². The van der Waals surface area contributed by atoms with E-state index in [1.807, 2.05) is 20.8 Å². The van der Waals surface area contributed by atoms with E-state index in [1.165, 1.54) is 27.7 Å². The van der Waals surface area contributed by atoms with Gasteiger partial charge in [-0.2, -0.15) is 5.10 Å². The molecule has 0 aliphatic rings. The van der Waals surface area contributed by atoms with Gasteiger partial charge in [0.25, 0.3) is 5.56 Å². The van der Waals surface area contributed by atoms with Gasteiger partial charge in [0.05, 0.1) is 6.54 Å². The largest absolute Gasteiger partial charge is 0.331 e. The number of hydrogen-bond acceptors (Lipinski definition) is 4. The molecule has 0 amide bonds. The number of aryl methyl sites for hydroxylation is 1. The van der Waals surface area contributed by atoms with Crippen molar-refractivity contribution < 1.29 is 0 Å². The van der Waals surface area contributed by atoms with Crippen molar-refractivity contribution in [2.45, 2.75) is 39.9 Å². The molecule has 7 nitrogen and oxygen atoms in total. The second kappa shape index (κ2) is 5.21. The molecule has 19 heavy (non-hydrogen) atoms. The predicted molar refractivity (Wildman–Crippen MR) is 70.1 cm³/mol. The molecule has 0 radical (unpaired) electrons. The molecule has 0 bridgehead atoms. The van der Waals surface area contributed by atoms with Crippen molar-refractivity contribution in [2.24, 2.45) is 0 Å². The van der Waals surface area contributed by atoms with Gasteiger partial charge in [-0.3, -0.25) is 9.36 Å². The van der Waals surface area contributed by atoms with Crippen LogP contribution in [0.3, 0.4) is 0 Å². The van der Waals surface area contributed by atoms with Crippen LogP contribution in [0.1, 0.15) is 32.6 Å². The molecule has 0 saturated heterocycles. The Morgan fingerprint density at radius 3 is 2.68 bits per heavy atom. The molecule has 0 saturated carbocycles. The van der Waals surface area contributed by atoms with Gasteiger partial charge in [0.15, 0.2) is 0 Å². The molecule has 7 heteroatoms. The smallest absolute Gasteiger partial charge is 0.301 e.